The molecule has 0 bridgehead atoms. The van der Waals surface area contributed by atoms with Crippen molar-refractivity contribution in [3.8, 4) is 5.75 Å². The monoisotopic (exact) mass is 303 g/mol. The van der Waals surface area contributed by atoms with E-state index in [0.717, 1.165) is 16.3 Å². The van der Waals surface area contributed by atoms with Gasteiger partial charge >= 0.3 is 0 Å². The molecule has 21 heavy (non-hydrogen) atoms. The number of carbonyl (C=O) groups excluding carboxylic acids is 1. The highest BCUT2D eigenvalue weighted by molar-refractivity contribution is 8.00. The van der Waals surface area contributed by atoms with Gasteiger partial charge in [-0.3, -0.25) is 9.78 Å². The first kappa shape index (κ1) is 15.2. The van der Waals surface area contributed by atoms with Crippen molar-refractivity contribution >= 4 is 29.0 Å². The number of rotatable bonds is 6. The highest BCUT2D eigenvalue weighted by atomic mass is 32.2. The summed E-state index contributed by atoms with van der Waals surface area (Å²) < 4.78 is 5.35. The molecule has 0 aliphatic rings. The van der Waals surface area contributed by atoms with E-state index in [-0.39, 0.29) is 5.91 Å². The molecule has 0 atom stereocenters. The lowest BCUT2D eigenvalue weighted by atomic mass is 10.3. The Morgan fingerprint density at radius 1 is 1.33 bits per heavy atom. The molecule has 2 aromatic rings. The van der Waals surface area contributed by atoms with E-state index < -0.39 is 0 Å². The van der Waals surface area contributed by atoms with Gasteiger partial charge in [0.15, 0.2) is 0 Å². The Hall–Kier alpha value is -2.21. The molecular weight excluding hydrogens is 286 g/mol. The summed E-state index contributed by atoms with van der Waals surface area (Å²) in [6.07, 6.45) is 3.23. The zero-order valence-electron chi connectivity index (χ0n) is 11.7. The van der Waals surface area contributed by atoms with Crippen LogP contribution >= 0.6 is 11.8 Å². The van der Waals surface area contributed by atoms with Gasteiger partial charge in [0.2, 0.25) is 5.91 Å². The summed E-state index contributed by atoms with van der Waals surface area (Å²) in [5.41, 5.74) is 7.10. The molecule has 0 aliphatic heterocycles. The molecular formula is C15H17N3O2S. The van der Waals surface area contributed by atoms with Gasteiger partial charge in [0.1, 0.15) is 5.75 Å². The molecule has 6 heteroatoms. The summed E-state index contributed by atoms with van der Waals surface area (Å²) in [7, 11) is 0. The molecule has 0 spiro atoms. The van der Waals surface area contributed by atoms with Crippen molar-refractivity contribution in [2.75, 3.05) is 23.4 Å². The minimum absolute atomic E-state index is 0.0830. The summed E-state index contributed by atoms with van der Waals surface area (Å²) in [6.45, 7) is 2.55. The van der Waals surface area contributed by atoms with E-state index in [1.165, 1.54) is 11.8 Å². The molecule has 1 heterocycles. The van der Waals surface area contributed by atoms with Gasteiger partial charge in [0.05, 0.1) is 24.2 Å². The van der Waals surface area contributed by atoms with Crippen LogP contribution in [0.25, 0.3) is 0 Å². The molecule has 0 saturated carbocycles. The largest absolute Gasteiger partial charge is 0.494 e. The number of ether oxygens (including phenoxy) is 1. The lowest BCUT2D eigenvalue weighted by molar-refractivity contribution is -0.113. The average Bonchev–Trinajstić information content (AvgIpc) is 2.49. The summed E-state index contributed by atoms with van der Waals surface area (Å²) >= 11 is 1.38. The van der Waals surface area contributed by atoms with Crippen molar-refractivity contribution in [3.63, 3.8) is 0 Å². The molecule has 0 saturated heterocycles. The van der Waals surface area contributed by atoms with Crippen LogP contribution in [0.2, 0.25) is 0 Å². The number of nitrogens with one attached hydrogen (secondary N) is 1. The number of hydrogen-bond donors (Lipinski definition) is 2. The van der Waals surface area contributed by atoms with Crippen LogP contribution in [-0.4, -0.2) is 23.3 Å². The minimum Gasteiger partial charge on any atom is -0.494 e. The zero-order valence-corrected chi connectivity index (χ0v) is 12.5. The van der Waals surface area contributed by atoms with E-state index in [4.69, 9.17) is 10.5 Å². The van der Waals surface area contributed by atoms with Crippen LogP contribution in [0.3, 0.4) is 0 Å². The number of nitrogens with zero attached hydrogens (tertiary/aromatic N) is 1. The van der Waals surface area contributed by atoms with E-state index in [2.05, 4.69) is 10.3 Å². The maximum Gasteiger partial charge on any atom is 0.234 e. The summed E-state index contributed by atoms with van der Waals surface area (Å²) in [5.74, 6) is 0.997. The Kier molecular flexibility index (Phi) is 5.45. The van der Waals surface area contributed by atoms with E-state index in [9.17, 15) is 4.79 Å². The number of carbonyl (C=O) groups is 1. The quantitative estimate of drug-likeness (QED) is 0.802. The number of anilines is 2. The summed E-state index contributed by atoms with van der Waals surface area (Å²) in [5, 5.41) is 2.83. The molecule has 110 valence electrons. The van der Waals surface area contributed by atoms with Gasteiger partial charge in [-0.1, -0.05) is 0 Å². The van der Waals surface area contributed by atoms with Crippen molar-refractivity contribution in [1.29, 1.82) is 0 Å². The summed E-state index contributed by atoms with van der Waals surface area (Å²) in [4.78, 5) is 16.7. The first-order chi connectivity index (χ1) is 10.2. The Labute approximate surface area is 127 Å². The van der Waals surface area contributed by atoms with Crippen molar-refractivity contribution in [2.24, 2.45) is 0 Å². The lowest BCUT2D eigenvalue weighted by Gasteiger charge is -2.07. The molecule has 0 fully saturated rings. The molecule has 2 rings (SSSR count). The number of thioether (sulfide) groups is 1. The van der Waals surface area contributed by atoms with Gasteiger partial charge in [-0.2, -0.15) is 0 Å². The van der Waals surface area contributed by atoms with Crippen LogP contribution in [0.15, 0.2) is 47.6 Å². The maximum absolute atomic E-state index is 11.9. The first-order valence-corrected chi connectivity index (χ1v) is 7.52. The van der Waals surface area contributed by atoms with Crippen molar-refractivity contribution in [1.82, 2.24) is 4.98 Å². The van der Waals surface area contributed by atoms with E-state index in [1.54, 1.807) is 18.5 Å². The number of nitrogen functional groups attached to an aromatic ring is 1. The third-order valence-electron chi connectivity index (χ3n) is 2.62. The number of pyridine rings is 1. The van der Waals surface area contributed by atoms with Crippen LogP contribution in [0.5, 0.6) is 5.75 Å². The highest BCUT2D eigenvalue weighted by Gasteiger charge is 2.06. The Morgan fingerprint density at radius 2 is 2.10 bits per heavy atom. The van der Waals surface area contributed by atoms with Crippen LogP contribution in [-0.2, 0) is 4.79 Å². The fraction of sp³-hybridized carbons (Fsp3) is 0.200. The number of hydrogen-bond acceptors (Lipinski definition) is 5. The second kappa shape index (κ2) is 7.54. The van der Waals surface area contributed by atoms with Gasteiger partial charge in [0.25, 0.3) is 0 Å². The molecule has 1 aromatic heterocycles. The Bertz CT molecular complexity index is 602. The average molecular weight is 303 g/mol. The van der Waals surface area contributed by atoms with Crippen LogP contribution in [0.4, 0.5) is 11.4 Å². The smallest absolute Gasteiger partial charge is 0.234 e. The van der Waals surface area contributed by atoms with Crippen LogP contribution in [0, 0.1) is 0 Å². The van der Waals surface area contributed by atoms with Gasteiger partial charge < -0.3 is 15.8 Å². The number of nitrogens with two attached hydrogens (primary N) is 1. The molecule has 1 amide bonds. The van der Waals surface area contributed by atoms with Gasteiger partial charge in [-0.15, -0.1) is 11.8 Å². The maximum atomic E-state index is 11.9. The number of amides is 1. The third kappa shape index (κ3) is 4.68. The van der Waals surface area contributed by atoms with Gasteiger partial charge in [0, 0.05) is 16.8 Å². The molecule has 0 radical (unpaired) electrons. The SMILES string of the molecule is CCOc1ccc(NC(=O)CSc2ccncc2N)cc1. The topological polar surface area (TPSA) is 77.2 Å². The van der Waals surface area contributed by atoms with Gasteiger partial charge in [-0.05, 0) is 37.3 Å². The normalized spacial score (nSPS) is 10.1. The molecule has 3 N–H and O–H groups in total. The highest BCUT2D eigenvalue weighted by Crippen LogP contribution is 2.23. The molecule has 0 aliphatic carbocycles. The third-order valence-corrected chi connectivity index (χ3v) is 3.71. The number of aromatic nitrogens is 1. The van der Waals surface area contributed by atoms with Crippen molar-refractivity contribution < 1.29 is 9.53 Å². The van der Waals surface area contributed by atoms with E-state index >= 15 is 0 Å². The number of benzene rings is 1. The van der Waals surface area contributed by atoms with Crippen molar-refractivity contribution in [2.45, 2.75) is 11.8 Å². The first-order valence-electron chi connectivity index (χ1n) is 6.54. The second-order valence-electron chi connectivity index (χ2n) is 4.21. The van der Waals surface area contributed by atoms with Crippen LogP contribution in [0.1, 0.15) is 6.92 Å². The van der Waals surface area contributed by atoms with Crippen molar-refractivity contribution in [3.05, 3.63) is 42.7 Å². The summed E-state index contributed by atoms with van der Waals surface area (Å²) in [6, 6.07) is 9.08. The fourth-order valence-corrected chi connectivity index (χ4v) is 2.40. The van der Waals surface area contributed by atoms with Gasteiger partial charge in [-0.25, -0.2) is 0 Å². The lowest BCUT2D eigenvalue weighted by Crippen LogP contribution is -2.14. The predicted octanol–water partition coefficient (Wildman–Crippen LogP) is 2.79. The van der Waals surface area contributed by atoms with Crippen LogP contribution < -0.4 is 15.8 Å². The minimum atomic E-state index is -0.0830. The zero-order chi connectivity index (χ0) is 15.1. The molecule has 0 unspecified atom stereocenters. The standard InChI is InChI=1S/C15H17N3O2S/c1-2-20-12-5-3-11(4-6-12)18-15(19)10-21-14-7-8-17-9-13(14)16/h3-9H,2,10,16H2,1H3,(H,18,19). The van der Waals surface area contributed by atoms with E-state index in [1.807, 2.05) is 31.2 Å². The second-order valence-corrected chi connectivity index (χ2v) is 5.22. The Morgan fingerprint density at radius 3 is 2.76 bits per heavy atom. The van der Waals surface area contributed by atoms with E-state index in [0.29, 0.717) is 18.0 Å². The molecule has 5 nitrogen and oxygen atoms in total. The Balaban J connectivity index is 1.85. The molecule has 1 aromatic carbocycles. The predicted molar refractivity (Wildman–Crippen MR) is 85.6 cm³/mol. The fourth-order valence-electron chi connectivity index (χ4n) is 1.67.